The van der Waals surface area contributed by atoms with Crippen LogP contribution in [0.3, 0.4) is 0 Å². The largest absolute Gasteiger partial charge is 0.480 e. The van der Waals surface area contributed by atoms with Crippen molar-refractivity contribution in [3.8, 4) is 0 Å². The lowest BCUT2D eigenvalue weighted by molar-refractivity contribution is -0.139. The number of hydrogen-bond donors (Lipinski definition) is 3. The third kappa shape index (κ3) is 2.76. The first-order valence-electron chi connectivity index (χ1n) is 6.23. The predicted molar refractivity (Wildman–Crippen MR) is 72.1 cm³/mol. The molecule has 19 heavy (non-hydrogen) atoms. The van der Waals surface area contributed by atoms with Gasteiger partial charge in [-0.1, -0.05) is 19.4 Å². The summed E-state index contributed by atoms with van der Waals surface area (Å²) < 4.78 is 0. The summed E-state index contributed by atoms with van der Waals surface area (Å²) in [5.74, 6) is -1.36. The second-order valence-corrected chi connectivity index (χ2v) is 4.40. The Morgan fingerprint density at radius 2 is 2.16 bits per heavy atom. The maximum absolute atomic E-state index is 12.2. The number of carboxylic acid groups (broad SMARTS) is 1. The molecular formula is C14H16N2O3. The molecule has 2 aromatic rings. The number of hydrogen-bond acceptors (Lipinski definition) is 2. The van der Waals surface area contributed by atoms with Gasteiger partial charge in [0.2, 0.25) is 0 Å². The number of carbonyl (C=O) groups excluding carboxylic acids is 1. The number of fused-ring (bicyclic) bond motifs is 1. The molecule has 1 heterocycles. The van der Waals surface area contributed by atoms with E-state index >= 15 is 0 Å². The molecule has 1 amide bonds. The van der Waals surface area contributed by atoms with Gasteiger partial charge in [-0.25, -0.2) is 4.79 Å². The average Bonchev–Trinajstić information content (AvgIpc) is 2.85. The molecule has 0 fully saturated rings. The number of aromatic nitrogens is 1. The van der Waals surface area contributed by atoms with Crippen molar-refractivity contribution in [3.63, 3.8) is 0 Å². The van der Waals surface area contributed by atoms with Gasteiger partial charge in [-0.05, 0) is 24.6 Å². The molecule has 0 aliphatic heterocycles. The van der Waals surface area contributed by atoms with Crippen LogP contribution < -0.4 is 5.32 Å². The van der Waals surface area contributed by atoms with E-state index in [1.807, 2.05) is 13.0 Å². The smallest absolute Gasteiger partial charge is 0.326 e. The van der Waals surface area contributed by atoms with Crippen molar-refractivity contribution in [3.05, 3.63) is 36.0 Å². The van der Waals surface area contributed by atoms with Gasteiger partial charge in [-0.3, -0.25) is 4.79 Å². The van der Waals surface area contributed by atoms with Crippen LogP contribution in [0.25, 0.3) is 10.9 Å². The normalized spacial score (nSPS) is 12.3. The molecule has 1 atom stereocenters. The number of rotatable bonds is 5. The number of benzene rings is 1. The highest BCUT2D eigenvalue weighted by Crippen LogP contribution is 2.17. The van der Waals surface area contributed by atoms with Gasteiger partial charge in [0.1, 0.15) is 6.04 Å². The first-order valence-corrected chi connectivity index (χ1v) is 6.23. The Bertz CT molecular complexity index is 604. The summed E-state index contributed by atoms with van der Waals surface area (Å²) in [6.07, 6.45) is 2.87. The third-order valence-electron chi connectivity index (χ3n) is 3.02. The summed E-state index contributed by atoms with van der Waals surface area (Å²) >= 11 is 0. The van der Waals surface area contributed by atoms with E-state index in [2.05, 4.69) is 10.3 Å². The van der Waals surface area contributed by atoms with Crippen LogP contribution >= 0.6 is 0 Å². The summed E-state index contributed by atoms with van der Waals surface area (Å²) in [4.78, 5) is 26.2. The van der Waals surface area contributed by atoms with Crippen molar-refractivity contribution in [1.29, 1.82) is 0 Å². The van der Waals surface area contributed by atoms with Crippen LogP contribution in [0.15, 0.2) is 30.5 Å². The fraction of sp³-hybridized carbons (Fsp3) is 0.286. The zero-order valence-electron chi connectivity index (χ0n) is 10.6. The second-order valence-electron chi connectivity index (χ2n) is 4.40. The predicted octanol–water partition coefficient (Wildman–Crippen LogP) is 2.15. The molecule has 2 rings (SSSR count). The third-order valence-corrected chi connectivity index (χ3v) is 3.02. The van der Waals surface area contributed by atoms with Gasteiger partial charge in [0.15, 0.2) is 0 Å². The van der Waals surface area contributed by atoms with Crippen LogP contribution in [0, 0.1) is 0 Å². The lowest BCUT2D eigenvalue weighted by Gasteiger charge is -2.13. The molecule has 0 spiro atoms. The van der Waals surface area contributed by atoms with Gasteiger partial charge in [0, 0.05) is 22.7 Å². The maximum Gasteiger partial charge on any atom is 0.326 e. The minimum Gasteiger partial charge on any atom is -0.480 e. The molecule has 1 aromatic carbocycles. The summed E-state index contributed by atoms with van der Waals surface area (Å²) in [6.45, 7) is 1.88. The zero-order valence-corrected chi connectivity index (χ0v) is 10.6. The number of carbonyl (C=O) groups is 2. The van der Waals surface area contributed by atoms with Crippen LogP contribution in [-0.4, -0.2) is 28.0 Å². The van der Waals surface area contributed by atoms with E-state index in [0.717, 1.165) is 10.9 Å². The lowest BCUT2D eigenvalue weighted by Crippen LogP contribution is -2.40. The highest BCUT2D eigenvalue weighted by Gasteiger charge is 2.20. The number of nitrogens with one attached hydrogen (secondary N) is 2. The van der Waals surface area contributed by atoms with E-state index in [-0.39, 0.29) is 5.91 Å². The van der Waals surface area contributed by atoms with Gasteiger partial charge in [0.05, 0.1) is 0 Å². The number of amides is 1. The molecule has 0 saturated carbocycles. The monoisotopic (exact) mass is 260 g/mol. The van der Waals surface area contributed by atoms with Gasteiger partial charge in [0.25, 0.3) is 5.91 Å². The van der Waals surface area contributed by atoms with E-state index in [1.54, 1.807) is 24.4 Å². The molecule has 0 aliphatic rings. The minimum atomic E-state index is -1.00. The highest BCUT2D eigenvalue weighted by molar-refractivity contribution is 6.07. The summed E-state index contributed by atoms with van der Waals surface area (Å²) in [7, 11) is 0. The summed E-state index contributed by atoms with van der Waals surface area (Å²) in [5, 5.41) is 12.4. The molecule has 5 heteroatoms. The van der Waals surface area contributed by atoms with Gasteiger partial charge >= 0.3 is 5.97 Å². The van der Waals surface area contributed by atoms with Crippen molar-refractivity contribution in [2.75, 3.05) is 0 Å². The van der Waals surface area contributed by atoms with Crippen LogP contribution in [0.2, 0.25) is 0 Å². The van der Waals surface area contributed by atoms with Gasteiger partial charge < -0.3 is 15.4 Å². The molecule has 3 N–H and O–H groups in total. The minimum absolute atomic E-state index is 0.356. The summed E-state index contributed by atoms with van der Waals surface area (Å²) in [6, 6.07) is 6.29. The Morgan fingerprint density at radius 3 is 2.84 bits per heavy atom. The van der Waals surface area contributed by atoms with Crippen molar-refractivity contribution in [2.45, 2.75) is 25.8 Å². The second kappa shape index (κ2) is 5.56. The fourth-order valence-electron chi connectivity index (χ4n) is 2.07. The average molecular weight is 260 g/mol. The Morgan fingerprint density at radius 1 is 1.37 bits per heavy atom. The van der Waals surface area contributed by atoms with E-state index in [1.165, 1.54) is 0 Å². The number of carboxylic acids is 1. The lowest BCUT2D eigenvalue weighted by atomic mass is 10.1. The zero-order chi connectivity index (χ0) is 13.8. The fourth-order valence-corrected chi connectivity index (χ4v) is 2.07. The van der Waals surface area contributed by atoms with Gasteiger partial charge in [-0.2, -0.15) is 0 Å². The molecule has 0 aliphatic carbocycles. The molecule has 1 unspecified atom stereocenters. The summed E-state index contributed by atoms with van der Waals surface area (Å²) in [5.41, 5.74) is 1.34. The van der Waals surface area contributed by atoms with E-state index in [9.17, 15) is 9.59 Å². The topological polar surface area (TPSA) is 82.2 Å². The molecule has 100 valence electrons. The van der Waals surface area contributed by atoms with Crippen molar-refractivity contribution < 1.29 is 14.7 Å². The van der Waals surface area contributed by atoms with Crippen LogP contribution in [0.1, 0.15) is 30.1 Å². The number of H-pyrrole nitrogens is 1. The van der Waals surface area contributed by atoms with E-state index in [0.29, 0.717) is 18.4 Å². The number of aliphatic carboxylic acids is 1. The Hall–Kier alpha value is -2.30. The maximum atomic E-state index is 12.2. The van der Waals surface area contributed by atoms with Crippen LogP contribution in [-0.2, 0) is 4.79 Å². The van der Waals surface area contributed by atoms with Crippen molar-refractivity contribution in [1.82, 2.24) is 10.3 Å². The van der Waals surface area contributed by atoms with Crippen LogP contribution in [0.4, 0.5) is 0 Å². The molecule has 0 bridgehead atoms. The quantitative estimate of drug-likeness (QED) is 0.770. The molecule has 0 radical (unpaired) electrons. The van der Waals surface area contributed by atoms with Crippen molar-refractivity contribution >= 4 is 22.8 Å². The van der Waals surface area contributed by atoms with E-state index in [4.69, 9.17) is 5.11 Å². The van der Waals surface area contributed by atoms with Crippen LogP contribution in [0.5, 0.6) is 0 Å². The number of aromatic amines is 1. The Kier molecular flexibility index (Phi) is 3.85. The molecular weight excluding hydrogens is 244 g/mol. The Labute approximate surface area is 110 Å². The first kappa shape index (κ1) is 13.1. The Balaban J connectivity index is 2.24. The van der Waals surface area contributed by atoms with Crippen molar-refractivity contribution in [2.24, 2.45) is 0 Å². The molecule has 5 nitrogen and oxygen atoms in total. The highest BCUT2D eigenvalue weighted by atomic mass is 16.4. The molecule has 1 aromatic heterocycles. The first-order chi connectivity index (χ1) is 9.13. The van der Waals surface area contributed by atoms with E-state index < -0.39 is 12.0 Å². The van der Waals surface area contributed by atoms with Gasteiger partial charge in [-0.15, -0.1) is 0 Å². The molecule has 0 saturated heterocycles. The standard InChI is InChI=1S/C14H16N2O3/c1-2-4-12(14(18)19)16-13(17)10-5-3-6-11-9(10)7-8-15-11/h3,5-8,12,15H,2,4H2,1H3,(H,16,17)(H,18,19). The SMILES string of the molecule is CCCC(NC(=O)c1cccc2[nH]ccc12)C(=O)O.